The second-order valence-electron chi connectivity index (χ2n) is 6.89. The van der Waals surface area contributed by atoms with Gasteiger partial charge in [0.25, 0.3) is 0 Å². The molecule has 0 aliphatic rings. The number of nitrogens with zero attached hydrogens (tertiary/aromatic N) is 4. The zero-order chi connectivity index (χ0) is 20.9. The number of thioether (sulfide) groups is 1. The highest BCUT2D eigenvalue weighted by molar-refractivity contribution is 7.99. The second-order valence-corrected chi connectivity index (χ2v) is 7.84. The van der Waals surface area contributed by atoms with Gasteiger partial charge in [0.05, 0.1) is 5.75 Å². The van der Waals surface area contributed by atoms with E-state index in [2.05, 4.69) is 20.5 Å². The number of aromatic nitrogens is 4. The van der Waals surface area contributed by atoms with E-state index in [1.54, 1.807) is 6.20 Å². The number of hydrogen-bond acceptors (Lipinski definition) is 5. The largest absolute Gasteiger partial charge is 0.325 e. The van der Waals surface area contributed by atoms with Crippen LogP contribution >= 0.6 is 11.8 Å². The molecule has 4 aromatic rings. The van der Waals surface area contributed by atoms with Gasteiger partial charge in [-0.25, -0.2) is 0 Å². The predicted molar refractivity (Wildman–Crippen MR) is 120 cm³/mol. The highest BCUT2D eigenvalue weighted by Gasteiger charge is 2.18. The maximum atomic E-state index is 12.4. The normalized spacial score (nSPS) is 10.7. The second kappa shape index (κ2) is 8.92. The number of anilines is 1. The number of amides is 1. The van der Waals surface area contributed by atoms with Crippen molar-refractivity contribution in [3.8, 4) is 17.2 Å². The van der Waals surface area contributed by atoms with Gasteiger partial charge in [0.15, 0.2) is 11.0 Å². The van der Waals surface area contributed by atoms with E-state index in [9.17, 15) is 4.79 Å². The molecule has 0 atom stereocenters. The fourth-order valence-corrected chi connectivity index (χ4v) is 3.67. The third-order valence-electron chi connectivity index (χ3n) is 4.49. The molecule has 30 heavy (non-hydrogen) atoms. The zero-order valence-corrected chi connectivity index (χ0v) is 17.6. The summed E-state index contributed by atoms with van der Waals surface area (Å²) in [6.07, 6.45) is 1.73. The minimum Gasteiger partial charge on any atom is -0.325 e. The summed E-state index contributed by atoms with van der Waals surface area (Å²) in [5.74, 6) is 0.766. The molecule has 0 saturated heterocycles. The molecule has 6 nitrogen and oxygen atoms in total. The summed E-state index contributed by atoms with van der Waals surface area (Å²) in [7, 11) is 0. The van der Waals surface area contributed by atoms with Gasteiger partial charge in [-0.1, -0.05) is 53.2 Å². The average molecular weight is 416 g/mol. The first kappa shape index (κ1) is 19.8. The summed E-state index contributed by atoms with van der Waals surface area (Å²) in [5, 5.41) is 12.2. The summed E-state index contributed by atoms with van der Waals surface area (Å²) >= 11 is 1.34. The minimum absolute atomic E-state index is 0.0957. The fourth-order valence-electron chi connectivity index (χ4n) is 2.92. The third-order valence-corrected chi connectivity index (χ3v) is 5.42. The van der Waals surface area contributed by atoms with Crippen LogP contribution in [0.4, 0.5) is 5.69 Å². The van der Waals surface area contributed by atoms with Crippen LogP contribution in [0.25, 0.3) is 17.2 Å². The van der Waals surface area contributed by atoms with E-state index in [0.29, 0.717) is 11.0 Å². The molecule has 2 aromatic carbocycles. The SMILES string of the molecule is Cc1ccc(NC(=O)CSc2nnc(-c3ccccn3)n2-c2ccc(C)cc2)cc1. The van der Waals surface area contributed by atoms with Crippen molar-refractivity contribution in [3.63, 3.8) is 0 Å². The molecule has 0 saturated carbocycles. The molecule has 0 aliphatic carbocycles. The fraction of sp³-hybridized carbons (Fsp3) is 0.130. The smallest absolute Gasteiger partial charge is 0.234 e. The van der Waals surface area contributed by atoms with E-state index < -0.39 is 0 Å². The minimum atomic E-state index is -0.0957. The monoisotopic (exact) mass is 415 g/mol. The van der Waals surface area contributed by atoms with Gasteiger partial charge < -0.3 is 5.32 Å². The Morgan fingerprint density at radius 1 is 0.933 bits per heavy atom. The Morgan fingerprint density at radius 3 is 2.30 bits per heavy atom. The van der Waals surface area contributed by atoms with Crippen molar-refractivity contribution in [1.29, 1.82) is 0 Å². The number of aryl methyl sites for hydroxylation is 2. The molecule has 2 heterocycles. The molecule has 0 fully saturated rings. The van der Waals surface area contributed by atoms with Gasteiger partial charge in [-0.05, 0) is 50.2 Å². The third kappa shape index (κ3) is 4.58. The Kier molecular flexibility index (Phi) is 5.90. The van der Waals surface area contributed by atoms with Crippen molar-refractivity contribution in [2.45, 2.75) is 19.0 Å². The van der Waals surface area contributed by atoms with E-state index in [-0.39, 0.29) is 11.7 Å². The van der Waals surface area contributed by atoms with E-state index in [1.807, 2.05) is 85.1 Å². The standard InChI is InChI=1S/C23H21N5OS/c1-16-6-10-18(11-7-16)25-21(29)15-30-23-27-26-22(20-5-3-4-14-24-20)28(23)19-12-8-17(2)9-13-19/h3-14H,15H2,1-2H3,(H,25,29). The van der Waals surface area contributed by atoms with Crippen molar-refractivity contribution in [3.05, 3.63) is 84.1 Å². The Morgan fingerprint density at radius 2 is 1.63 bits per heavy atom. The van der Waals surface area contributed by atoms with Gasteiger partial charge in [-0.3, -0.25) is 14.3 Å². The number of pyridine rings is 1. The van der Waals surface area contributed by atoms with Crippen molar-refractivity contribution in [2.75, 3.05) is 11.1 Å². The molecule has 4 rings (SSSR count). The lowest BCUT2D eigenvalue weighted by Crippen LogP contribution is -2.14. The van der Waals surface area contributed by atoms with Crippen molar-refractivity contribution >= 4 is 23.4 Å². The average Bonchev–Trinajstić information content (AvgIpc) is 3.19. The van der Waals surface area contributed by atoms with Crippen molar-refractivity contribution < 1.29 is 4.79 Å². The summed E-state index contributed by atoms with van der Waals surface area (Å²) in [6, 6.07) is 21.5. The Hall–Kier alpha value is -3.45. The molecule has 1 N–H and O–H groups in total. The van der Waals surface area contributed by atoms with Crippen LogP contribution in [-0.2, 0) is 4.79 Å². The number of hydrogen-bond donors (Lipinski definition) is 1. The molecular weight excluding hydrogens is 394 g/mol. The van der Waals surface area contributed by atoms with Crippen LogP contribution < -0.4 is 5.32 Å². The van der Waals surface area contributed by atoms with Crippen LogP contribution in [0.3, 0.4) is 0 Å². The van der Waals surface area contributed by atoms with Gasteiger partial charge >= 0.3 is 0 Å². The maximum absolute atomic E-state index is 12.4. The van der Waals surface area contributed by atoms with Gasteiger partial charge in [0.2, 0.25) is 5.91 Å². The maximum Gasteiger partial charge on any atom is 0.234 e. The Bertz CT molecular complexity index is 1140. The number of carbonyl (C=O) groups excluding carboxylic acids is 1. The van der Waals surface area contributed by atoms with Crippen LogP contribution in [0, 0.1) is 13.8 Å². The number of carbonyl (C=O) groups is 1. The lowest BCUT2D eigenvalue weighted by molar-refractivity contribution is -0.113. The van der Waals surface area contributed by atoms with E-state index in [4.69, 9.17) is 0 Å². The van der Waals surface area contributed by atoms with Crippen LogP contribution in [0.15, 0.2) is 78.1 Å². The van der Waals surface area contributed by atoms with E-state index in [1.165, 1.54) is 11.8 Å². The van der Waals surface area contributed by atoms with Gasteiger partial charge in [-0.2, -0.15) is 0 Å². The molecule has 1 amide bonds. The molecule has 0 unspecified atom stereocenters. The summed E-state index contributed by atoms with van der Waals surface area (Å²) in [5.41, 5.74) is 4.74. The molecule has 2 aromatic heterocycles. The van der Waals surface area contributed by atoms with E-state index >= 15 is 0 Å². The lowest BCUT2D eigenvalue weighted by atomic mass is 10.2. The zero-order valence-electron chi connectivity index (χ0n) is 16.7. The molecule has 0 spiro atoms. The number of benzene rings is 2. The summed E-state index contributed by atoms with van der Waals surface area (Å²) < 4.78 is 1.94. The van der Waals surface area contributed by atoms with Gasteiger partial charge in [0, 0.05) is 17.6 Å². The Labute approximate surface area is 179 Å². The highest BCUT2D eigenvalue weighted by Crippen LogP contribution is 2.27. The molecule has 7 heteroatoms. The topological polar surface area (TPSA) is 72.7 Å². The first-order chi connectivity index (χ1) is 14.6. The van der Waals surface area contributed by atoms with Crippen molar-refractivity contribution in [1.82, 2.24) is 19.7 Å². The van der Waals surface area contributed by atoms with Gasteiger partial charge in [-0.15, -0.1) is 10.2 Å². The van der Waals surface area contributed by atoms with Gasteiger partial charge in [0.1, 0.15) is 5.69 Å². The lowest BCUT2D eigenvalue weighted by Gasteiger charge is -2.10. The predicted octanol–water partition coefficient (Wildman–Crippen LogP) is 4.68. The molecule has 0 radical (unpaired) electrons. The molecule has 0 aliphatic heterocycles. The van der Waals surface area contributed by atoms with Crippen LogP contribution in [-0.4, -0.2) is 31.4 Å². The van der Waals surface area contributed by atoms with E-state index in [0.717, 1.165) is 28.2 Å². The highest BCUT2D eigenvalue weighted by atomic mass is 32.2. The summed E-state index contributed by atoms with van der Waals surface area (Å²) in [4.78, 5) is 16.9. The molecular formula is C23H21N5OS. The molecule has 0 bridgehead atoms. The Balaban J connectivity index is 1.58. The quantitative estimate of drug-likeness (QED) is 0.463. The first-order valence-electron chi connectivity index (χ1n) is 9.53. The van der Waals surface area contributed by atoms with Crippen LogP contribution in [0.2, 0.25) is 0 Å². The number of nitrogens with one attached hydrogen (secondary N) is 1. The molecule has 150 valence electrons. The van der Waals surface area contributed by atoms with Crippen molar-refractivity contribution in [2.24, 2.45) is 0 Å². The number of rotatable bonds is 6. The van der Waals surface area contributed by atoms with Crippen LogP contribution in [0.5, 0.6) is 0 Å². The van der Waals surface area contributed by atoms with Crippen LogP contribution in [0.1, 0.15) is 11.1 Å². The summed E-state index contributed by atoms with van der Waals surface area (Å²) in [6.45, 7) is 4.05. The first-order valence-corrected chi connectivity index (χ1v) is 10.5.